The van der Waals surface area contributed by atoms with Gasteiger partial charge < -0.3 is 23.7 Å². The number of carbonyl (C=O) groups excluding carboxylic acids is 1. The standard InChI is InChI=1S/C20H30O6/c1-7-22-16-13-15(11-12-17(21)26-14(5)6)18(23-8-2)20(25-10-4)19(16)24-9-3/h11-14H,7-10H2,1-6H3. The van der Waals surface area contributed by atoms with Crippen molar-refractivity contribution in [3.63, 3.8) is 0 Å². The molecule has 0 saturated carbocycles. The first-order valence-electron chi connectivity index (χ1n) is 9.09. The molecule has 0 aromatic heterocycles. The van der Waals surface area contributed by atoms with Gasteiger partial charge >= 0.3 is 5.97 Å². The third kappa shape index (κ3) is 6.17. The second kappa shape index (κ2) is 11.3. The average Bonchev–Trinajstić information content (AvgIpc) is 2.58. The van der Waals surface area contributed by atoms with Crippen LogP contribution in [0.15, 0.2) is 12.1 Å². The fraction of sp³-hybridized carbons (Fsp3) is 0.550. The molecule has 1 aromatic rings. The van der Waals surface area contributed by atoms with E-state index in [0.29, 0.717) is 55.0 Å². The summed E-state index contributed by atoms with van der Waals surface area (Å²) in [4.78, 5) is 11.8. The van der Waals surface area contributed by atoms with E-state index in [1.54, 1.807) is 26.0 Å². The molecule has 0 fully saturated rings. The third-order valence-electron chi connectivity index (χ3n) is 3.10. The Morgan fingerprint density at radius 1 is 0.885 bits per heavy atom. The second-order valence-corrected chi connectivity index (χ2v) is 5.50. The quantitative estimate of drug-likeness (QED) is 0.431. The number of benzene rings is 1. The molecule has 0 unspecified atom stereocenters. The van der Waals surface area contributed by atoms with Gasteiger partial charge in [0.15, 0.2) is 11.5 Å². The molecule has 0 bridgehead atoms. The highest BCUT2D eigenvalue weighted by molar-refractivity contribution is 5.88. The third-order valence-corrected chi connectivity index (χ3v) is 3.10. The zero-order valence-corrected chi connectivity index (χ0v) is 16.6. The summed E-state index contributed by atoms with van der Waals surface area (Å²) in [6.45, 7) is 13.0. The number of ether oxygens (including phenoxy) is 5. The molecule has 0 radical (unpaired) electrons. The maximum Gasteiger partial charge on any atom is 0.331 e. The van der Waals surface area contributed by atoms with Crippen LogP contribution in [0.5, 0.6) is 23.0 Å². The van der Waals surface area contributed by atoms with Crippen molar-refractivity contribution in [2.75, 3.05) is 26.4 Å². The summed E-state index contributed by atoms with van der Waals surface area (Å²) in [5.41, 5.74) is 0.655. The first-order valence-corrected chi connectivity index (χ1v) is 9.09. The number of rotatable bonds is 11. The van der Waals surface area contributed by atoms with Gasteiger partial charge in [0.25, 0.3) is 0 Å². The molecule has 0 N–H and O–H groups in total. The summed E-state index contributed by atoms with van der Waals surface area (Å²) in [5.74, 6) is 1.60. The lowest BCUT2D eigenvalue weighted by molar-refractivity contribution is -0.141. The minimum absolute atomic E-state index is 0.184. The van der Waals surface area contributed by atoms with E-state index in [-0.39, 0.29) is 6.10 Å². The van der Waals surface area contributed by atoms with Crippen LogP contribution >= 0.6 is 0 Å². The van der Waals surface area contributed by atoms with Crippen molar-refractivity contribution >= 4 is 12.0 Å². The monoisotopic (exact) mass is 366 g/mol. The van der Waals surface area contributed by atoms with Crippen molar-refractivity contribution < 1.29 is 28.5 Å². The van der Waals surface area contributed by atoms with Gasteiger partial charge in [0, 0.05) is 11.6 Å². The predicted molar refractivity (Wildman–Crippen MR) is 101 cm³/mol. The van der Waals surface area contributed by atoms with Gasteiger partial charge in [0.05, 0.1) is 32.5 Å². The van der Waals surface area contributed by atoms with Crippen molar-refractivity contribution in [1.29, 1.82) is 0 Å². The maximum atomic E-state index is 11.8. The Hall–Kier alpha value is -2.37. The second-order valence-electron chi connectivity index (χ2n) is 5.50. The molecule has 1 aromatic carbocycles. The first-order chi connectivity index (χ1) is 12.5. The van der Waals surface area contributed by atoms with Crippen molar-refractivity contribution in [1.82, 2.24) is 0 Å². The van der Waals surface area contributed by atoms with Crippen molar-refractivity contribution in [3.05, 3.63) is 17.7 Å². The van der Waals surface area contributed by atoms with E-state index < -0.39 is 5.97 Å². The van der Waals surface area contributed by atoms with Crippen LogP contribution in [-0.4, -0.2) is 38.5 Å². The number of hydrogen-bond donors (Lipinski definition) is 0. The molecular formula is C20H30O6. The number of hydrogen-bond acceptors (Lipinski definition) is 6. The Morgan fingerprint density at radius 2 is 1.42 bits per heavy atom. The Balaban J connectivity index is 3.45. The van der Waals surface area contributed by atoms with Gasteiger partial charge in [-0.2, -0.15) is 0 Å². The van der Waals surface area contributed by atoms with E-state index in [2.05, 4.69) is 0 Å². The molecule has 0 heterocycles. The molecule has 6 heteroatoms. The van der Waals surface area contributed by atoms with Gasteiger partial charge in [-0.3, -0.25) is 0 Å². The molecule has 1 rings (SSSR count). The summed E-state index contributed by atoms with van der Waals surface area (Å²) in [6.07, 6.45) is 2.82. The van der Waals surface area contributed by atoms with Gasteiger partial charge in [0.1, 0.15) is 0 Å². The minimum Gasteiger partial charge on any atom is -0.490 e. The molecule has 26 heavy (non-hydrogen) atoms. The lowest BCUT2D eigenvalue weighted by Gasteiger charge is -2.20. The van der Waals surface area contributed by atoms with Crippen LogP contribution in [0.4, 0.5) is 0 Å². The molecule has 0 aliphatic rings. The number of esters is 1. The molecule has 0 aliphatic carbocycles. The smallest absolute Gasteiger partial charge is 0.331 e. The molecular weight excluding hydrogens is 336 g/mol. The average molecular weight is 366 g/mol. The summed E-state index contributed by atoms with van der Waals surface area (Å²) < 4.78 is 28.2. The summed E-state index contributed by atoms with van der Waals surface area (Å²) in [7, 11) is 0. The van der Waals surface area contributed by atoms with Crippen LogP contribution in [0.1, 0.15) is 47.1 Å². The zero-order chi connectivity index (χ0) is 19.5. The first kappa shape index (κ1) is 21.7. The highest BCUT2D eigenvalue weighted by Gasteiger charge is 2.22. The normalized spacial score (nSPS) is 10.9. The molecule has 0 saturated heterocycles. The van der Waals surface area contributed by atoms with E-state index in [4.69, 9.17) is 23.7 Å². The SMILES string of the molecule is CCOc1cc(C=CC(=O)OC(C)C)c(OCC)c(OCC)c1OCC. The Kier molecular flexibility index (Phi) is 9.41. The number of carbonyl (C=O) groups is 1. The highest BCUT2D eigenvalue weighted by atomic mass is 16.6. The van der Waals surface area contributed by atoms with E-state index in [1.165, 1.54) is 6.08 Å². The molecule has 6 nitrogen and oxygen atoms in total. The summed E-state index contributed by atoms with van der Waals surface area (Å²) >= 11 is 0. The zero-order valence-electron chi connectivity index (χ0n) is 16.6. The van der Waals surface area contributed by atoms with Gasteiger partial charge in [-0.15, -0.1) is 0 Å². The Morgan fingerprint density at radius 3 is 1.96 bits per heavy atom. The van der Waals surface area contributed by atoms with Crippen LogP contribution in [0.3, 0.4) is 0 Å². The van der Waals surface area contributed by atoms with Crippen LogP contribution < -0.4 is 18.9 Å². The van der Waals surface area contributed by atoms with Gasteiger partial charge in [-0.05, 0) is 53.7 Å². The lowest BCUT2D eigenvalue weighted by atomic mass is 10.1. The van der Waals surface area contributed by atoms with Crippen LogP contribution in [0.25, 0.3) is 6.08 Å². The molecule has 0 aliphatic heterocycles. The minimum atomic E-state index is -0.424. The Bertz CT molecular complexity index is 607. The van der Waals surface area contributed by atoms with E-state index >= 15 is 0 Å². The fourth-order valence-corrected chi connectivity index (χ4v) is 2.28. The van der Waals surface area contributed by atoms with Crippen LogP contribution in [0.2, 0.25) is 0 Å². The molecule has 0 spiro atoms. The predicted octanol–water partition coefficient (Wildman–Crippen LogP) is 4.25. The van der Waals surface area contributed by atoms with Gasteiger partial charge in [-0.25, -0.2) is 4.79 Å². The molecule has 0 amide bonds. The maximum absolute atomic E-state index is 11.8. The lowest BCUT2D eigenvalue weighted by Crippen LogP contribution is -2.08. The van der Waals surface area contributed by atoms with Gasteiger partial charge in [0.2, 0.25) is 11.5 Å². The topological polar surface area (TPSA) is 63.2 Å². The Labute approximate surface area is 156 Å². The summed E-state index contributed by atoms with van der Waals surface area (Å²) in [6, 6.07) is 1.78. The van der Waals surface area contributed by atoms with Crippen LogP contribution in [0, 0.1) is 0 Å². The fourth-order valence-electron chi connectivity index (χ4n) is 2.28. The molecule has 146 valence electrons. The van der Waals surface area contributed by atoms with Crippen molar-refractivity contribution in [2.24, 2.45) is 0 Å². The van der Waals surface area contributed by atoms with E-state index in [0.717, 1.165) is 0 Å². The van der Waals surface area contributed by atoms with Crippen molar-refractivity contribution in [3.8, 4) is 23.0 Å². The van der Waals surface area contributed by atoms with Gasteiger partial charge in [-0.1, -0.05) is 0 Å². The van der Waals surface area contributed by atoms with Crippen molar-refractivity contribution in [2.45, 2.75) is 47.6 Å². The largest absolute Gasteiger partial charge is 0.490 e. The van der Waals surface area contributed by atoms with E-state index in [1.807, 2.05) is 27.7 Å². The summed E-state index contributed by atoms with van der Waals surface area (Å²) in [5, 5.41) is 0. The van der Waals surface area contributed by atoms with E-state index in [9.17, 15) is 4.79 Å². The van der Waals surface area contributed by atoms with Crippen LogP contribution in [-0.2, 0) is 9.53 Å². The molecule has 0 atom stereocenters. The highest BCUT2D eigenvalue weighted by Crippen LogP contribution is 2.47.